The van der Waals surface area contributed by atoms with Crippen molar-refractivity contribution < 1.29 is 5.11 Å². The number of nitrogens with one attached hydrogen (secondary N) is 1. The average molecular weight is 294 g/mol. The van der Waals surface area contributed by atoms with Gasteiger partial charge in [0.15, 0.2) is 0 Å². The summed E-state index contributed by atoms with van der Waals surface area (Å²) in [6, 6.07) is 0. The third-order valence-electron chi connectivity index (χ3n) is 3.48. The minimum absolute atomic E-state index is 0.0985. The maximum Gasteiger partial charge on any atom is 0.232 e. The molecule has 1 saturated heterocycles. The first-order valence-electron chi connectivity index (χ1n) is 7.89. The second-order valence-corrected chi connectivity index (χ2v) is 5.19. The van der Waals surface area contributed by atoms with Crippen LogP contribution < -0.4 is 15.1 Å². The van der Waals surface area contributed by atoms with Crippen LogP contribution in [0.1, 0.15) is 33.1 Å². The Morgan fingerprint density at radius 3 is 2.52 bits per heavy atom. The molecular formula is C14H26N6O. The van der Waals surface area contributed by atoms with E-state index in [1.54, 1.807) is 0 Å². The van der Waals surface area contributed by atoms with Crippen LogP contribution >= 0.6 is 0 Å². The van der Waals surface area contributed by atoms with Crippen LogP contribution in [0.4, 0.5) is 17.8 Å². The Kier molecular flexibility index (Phi) is 5.98. The van der Waals surface area contributed by atoms with Crippen molar-refractivity contribution in [3.05, 3.63) is 0 Å². The molecule has 21 heavy (non-hydrogen) atoms. The molecule has 0 atom stereocenters. The lowest BCUT2D eigenvalue weighted by molar-refractivity contribution is 0.301. The lowest BCUT2D eigenvalue weighted by Crippen LogP contribution is -2.31. The molecule has 0 aromatic carbocycles. The highest BCUT2D eigenvalue weighted by atomic mass is 16.3. The summed E-state index contributed by atoms with van der Waals surface area (Å²) < 4.78 is 0. The molecule has 0 amide bonds. The highest BCUT2D eigenvalue weighted by Crippen LogP contribution is 2.20. The van der Waals surface area contributed by atoms with Crippen molar-refractivity contribution in [3.63, 3.8) is 0 Å². The number of nitrogens with zero attached hydrogens (tertiary/aromatic N) is 5. The van der Waals surface area contributed by atoms with Gasteiger partial charge in [0, 0.05) is 32.7 Å². The van der Waals surface area contributed by atoms with Crippen molar-refractivity contribution in [2.75, 3.05) is 54.4 Å². The van der Waals surface area contributed by atoms with Crippen molar-refractivity contribution in [1.29, 1.82) is 0 Å². The summed E-state index contributed by atoms with van der Waals surface area (Å²) >= 11 is 0. The highest BCUT2D eigenvalue weighted by Gasteiger charge is 2.19. The first kappa shape index (κ1) is 15.8. The van der Waals surface area contributed by atoms with E-state index in [1.165, 1.54) is 12.8 Å². The van der Waals surface area contributed by atoms with E-state index >= 15 is 0 Å². The third kappa shape index (κ3) is 4.17. The molecule has 0 radical (unpaired) electrons. The van der Waals surface area contributed by atoms with Crippen molar-refractivity contribution in [2.45, 2.75) is 33.1 Å². The van der Waals surface area contributed by atoms with Crippen LogP contribution in [0.3, 0.4) is 0 Å². The summed E-state index contributed by atoms with van der Waals surface area (Å²) in [5.41, 5.74) is 0. The van der Waals surface area contributed by atoms with Gasteiger partial charge in [-0.15, -0.1) is 0 Å². The van der Waals surface area contributed by atoms with Crippen LogP contribution in [0.25, 0.3) is 0 Å². The molecule has 7 heteroatoms. The molecule has 0 aliphatic carbocycles. The predicted molar refractivity (Wildman–Crippen MR) is 85.0 cm³/mol. The summed E-state index contributed by atoms with van der Waals surface area (Å²) in [5.74, 6) is 2.01. The second-order valence-electron chi connectivity index (χ2n) is 5.19. The number of anilines is 3. The summed E-state index contributed by atoms with van der Waals surface area (Å²) in [7, 11) is 0. The van der Waals surface area contributed by atoms with Crippen LogP contribution in [-0.2, 0) is 0 Å². The van der Waals surface area contributed by atoms with Gasteiger partial charge in [-0.25, -0.2) is 0 Å². The van der Waals surface area contributed by atoms with Gasteiger partial charge in [0.05, 0.1) is 6.61 Å². The van der Waals surface area contributed by atoms with Crippen molar-refractivity contribution >= 4 is 17.8 Å². The smallest absolute Gasteiger partial charge is 0.232 e. The van der Waals surface area contributed by atoms with Gasteiger partial charge in [-0.05, 0) is 26.2 Å². The third-order valence-corrected chi connectivity index (χ3v) is 3.48. The summed E-state index contributed by atoms with van der Waals surface area (Å²) in [6.45, 7) is 8.39. The summed E-state index contributed by atoms with van der Waals surface area (Å²) in [6.07, 6.45) is 3.36. The lowest BCUT2D eigenvalue weighted by Gasteiger charge is -2.23. The molecule has 0 unspecified atom stereocenters. The van der Waals surface area contributed by atoms with Gasteiger partial charge in [0.1, 0.15) is 0 Å². The Balaban J connectivity index is 2.28. The number of hydrogen-bond acceptors (Lipinski definition) is 7. The van der Waals surface area contributed by atoms with Gasteiger partial charge in [-0.3, -0.25) is 0 Å². The fourth-order valence-electron chi connectivity index (χ4n) is 2.49. The molecule has 0 spiro atoms. The van der Waals surface area contributed by atoms with Crippen LogP contribution in [0.15, 0.2) is 0 Å². The molecule has 0 bridgehead atoms. The van der Waals surface area contributed by atoms with Gasteiger partial charge >= 0.3 is 0 Å². The molecule has 7 nitrogen and oxygen atoms in total. The van der Waals surface area contributed by atoms with E-state index in [4.69, 9.17) is 0 Å². The van der Waals surface area contributed by atoms with E-state index in [0.717, 1.165) is 38.5 Å². The van der Waals surface area contributed by atoms with E-state index in [0.29, 0.717) is 18.4 Å². The molecule has 2 N–H and O–H groups in total. The Labute approximate surface area is 126 Å². The maximum atomic E-state index is 9.24. The predicted octanol–water partition coefficient (Wildman–Crippen LogP) is 1.11. The molecule has 2 heterocycles. The Hall–Kier alpha value is -1.63. The zero-order chi connectivity index (χ0) is 15.1. The first-order chi connectivity index (χ1) is 10.3. The quantitative estimate of drug-likeness (QED) is 0.743. The SMILES string of the molecule is CCCN(CCO)c1nc(NCC)nc(N2CCCC2)n1. The van der Waals surface area contributed by atoms with Gasteiger partial charge in [0.25, 0.3) is 0 Å². The minimum Gasteiger partial charge on any atom is -0.395 e. The molecule has 1 aromatic heterocycles. The zero-order valence-corrected chi connectivity index (χ0v) is 13.0. The summed E-state index contributed by atoms with van der Waals surface area (Å²) in [5, 5.41) is 12.4. The number of aromatic nitrogens is 3. The molecular weight excluding hydrogens is 268 g/mol. The molecule has 2 rings (SSSR count). The zero-order valence-electron chi connectivity index (χ0n) is 13.0. The van der Waals surface area contributed by atoms with E-state index in [2.05, 4.69) is 32.1 Å². The Morgan fingerprint density at radius 2 is 1.90 bits per heavy atom. The van der Waals surface area contributed by atoms with Gasteiger partial charge < -0.3 is 20.2 Å². The van der Waals surface area contributed by atoms with Gasteiger partial charge in [-0.2, -0.15) is 15.0 Å². The van der Waals surface area contributed by atoms with Crippen molar-refractivity contribution in [3.8, 4) is 0 Å². The number of aliphatic hydroxyl groups is 1. The van der Waals surface area contributed by atoms with E-state index in [-0.39, 0.29) is 6.61 Å². The van der Waals surface area contributed by atoms with Crippen LogP contribution in [0.5, 0.6) is 0 Å². The van der Waals surface area contributed by atoms with Crippen LogP contribution in [0.2, 0.25) is 0 Å². The van der Waals surface area contributed by atoms with Gasteiger partial charge in [-0.1, -0.05) is 6.92 Å². The van der Waals surface area contributed by atoms with Crippen molar-refractivity contribution in [2.24, 2.45) is 0 Å². The largest absolute Gasteiger partial charge is 0.395 e. The molecule has 0 saturated carbocycles. The summed E-state index contributed by atoms with van der Waals surface area (Å²) in [4.78, 5) is 17.8. The normalized spacial score (nSPS) is 14.5. The average Bonchev–Trinajstić information content (AvgIpc) is 3.01. The van der Waals surface area contributed by atoms with Crippen molar-refractivity contribution in [1.82, 2.24) is 15.0 Å². The van der Waals surface area contributed by atoms with Gasteiger partial charge in [0.2, 0.25) is 17.8 Å². The topological polar surface area (TPSA) is 77.4 Å². The minimum atomic E-state index is 0.0985. The molecule has 1 fully saturated rings. The molecule has 118 valence electrons. The first-order valence-corrected chi connectivity index (χ1v) is 7.89. The molecule has 1 aromatic rings. The second kappa shape index (κ2) is 7.97. The maximum absolute atomic E-state index is 9.24. The number of hydrogen-bond donors (Lipinski definition) is 2. The highest BCUT2D eigenvalue weighted by molar-refractivity contribution is 5.45. The Morgan fingerprint density at radius 1 is 1.14 bits per heavy atom. The number of rotatable bonds is 8. The fourth-order valence-corrected chi connectivity index (χ4v) is 2.49. The molecule has 1 aliphatic heterocycles. The van der Waals surface area contributed by atoms with Crippen LogP contribution in [-0.4, -0.2) is 59.4 Å². The Bertz CT molecular complexity index is 429. The monoisotopic (exact) mass is 294 g/mol. The standard InChI is InChI=1S/C14H26N6O/c1-3-7-19(10-11-21)13-16-12(15-4-2)17-14(18-13)20-8-5-6-9-20/h21H,3-11H2,1-2H3,(H,15,16,17,18). The number of aliphatic hydroxyl groups excluding tert-OH is 1. The fraction of sp³-hybridized carbons (Fsp3) is 0.786. The lowest BCUT2D eigenvalue weighted by atomic mass is 10.4. The van der Waals surface area contributed by atoms with E-state index in [9.17, 15) is 5.11 Å². The molecule has 1 aliphatic rings. The van der Waals surface area contributed by atoms with E-state index < -0.39 is 0 Å². The van der Waals surface area contributed by atoms with Crippen LogP contribution in [0, 0.1) is 0 Å². The van der Waals surface area contributed by atoms with E-state index in [1.807, 2.05) is 11.8 Å².